The topological polar surface area (TPSA) is 65.0 Å². The summed E-state index contributed by atoms with van der Waals surface area (Å²) in [6, 6.07) is 10.8. The number of pyridine rings is 1. The van der Waals surface area contributed by atoms with Gasteiger partial charge in [0.1, 0.15) is 6.61 Å². The van der Waals surface area contributed by atoms with E-state index in [0.717, 1.165) is 16.6 Å². The highest BCUT2D eigenvalue weighted by atomic mass is 32.2. The Kier molecular flexibility index (Phi) is 4.52. The Morgan fingerprint density at radius 1 is 1.22 bits per heavy atom. The molecule has 23 heavy (non-hydrogen) atoms. The number of carbonyl (C=O) groups excluding carboxylic acids is 1. The zero-order chi connectivity index (χ0) is 16.2. The molecule has 0 spiro atoms. The molecule has 0 aliphatic rings. The average Bonchev–Trinajstić information content (AvgIpc) is 2.60. The van der Waals surface area contributed by atoms with E-state index in [4.69, 9.17) is 4.74 Å². The number of benzene rings is 1. The maximum absolute atomic E-state index is 12.0. The first-order chi connectivity index (χ1) is 11.2. The highest BCUT2D eigenvalue weighted by Gasteiger charge is 2.10. The van der Waals surface area contributed by atoms with E-state index in [1.54, 1.807) is 30.5 Å². The standard InChI is InChI=1S/C17H15N3O2S/c1-11-15-13(9-18-17(20-15)23-2)8-14(19-11)10-22-16(21)12-6-4-3-5-7-12/h3-9H,10H2,1-2H3. The number of hydrogen-bond donors (Lipinski definition) is 0. The van der Waals surface area contributed by atoms with Gasteiger partial charge in [-0.15, -0.1) is 0 Å². The largest absolute Gasteiger partial charge is 0.456 e. The smallest absolute Gasteiger partial charge is 0.338 e. The highest BCUT2D eigenvalue weighted by molar-refractivity contribution is 7.98. The summed E-state index contributed by atoms with van der Waals surface area (Å²) in [6.07, 6.45) is 3.70. The SMILES string of the molecule is CSc1ncc2cc(COC(=O)c3ccccc3)nc(C)c2n1. The van der Waals surface area contributed by atoms with E-state index in [1.807, 2.05) is 25.3 Å². The number of fused-ring (bicyclic) bond motifs is 1. The van der Waals surface area contributed by atoms with Crippen molar-refractivity contribution < 1.29 is 9.53 Å². The van der Waals surface area contributed by atoms with E-state index in [-0.39, 0.29) is 12.6 Å². The Morgan fingerprint density at radius 3 is 2.74 bits per heavy atom. The number of carbonyl (C=O) groups is 1. The van der Waals surface area contributed by atoms with Gasteiger partial charge in [0.2, 0.25) is 0 Å². The zero-order valence-electron chi connectivity index (χ0n) is 12.8. The molecule has 0 radical (unpaired) electrons. The Labute approximate surface area is 138 Å². The Balaban J connectivity index is 1.80. The summed E-state index contributed by atoms with van der Waals surface area (Å²) >= 11 is 1.49. The minimum Gasteiger partial charge on any atom is -0.456 e. The predicted molar refractivity (Wildman–Crippen MR) is 89.4 cm³/mol. The lowest BCUT2D eigenvalue weighted by Gasteiger charge is -2.08. The fourth-order valence-corrected chi connectivity index (χ4v) is 2.56. The molecular formula is C17H15N3O2S. The lowest BCUT2D eigenvalue weighted by atomic mass is 10.2. The zero-order valence-corrected chi connectivity index (χ0v) is 13.6. The van der Waals surface area contributed by atoms with Gasteiger partial charge in [-0.3, -0.25) is 4.98 Å². The van der Waals surface area contributed by atoms with Crippen molar-refractivity contribution in [1.29, 1.82) is 0 Å². The van der Waals surface area contributed by atoms with Gasteiger partial charge >= 0.3 is 5.97 Å². The summed E-state index contributed by atoms with van der Waals surface area (Å²) in [5.74, 6) is -0.362. The van der Waals surface area contributed by atoms with Crippen LogP contribution in [0.15, 0.2) is 47.8 Å². The molecule has 0 aliphatic heterocycles. The number of esters is 1. The Hall–Kier alpha value is -2.47. The fraction of sp³-hybridized carbons (Fsp3) is 0.176. The maximum atomic E-state index is 12.0. The third-order valence-electron chi connectivity index (χ3n) is 3.31. The second kappa shape index (κ2) is 6.75. The quantitative estimate of drug-likeness (QED) is 0.416. The summed E-state index contributed by atoms with van der Waals surface area (Å²) in [4.78, 5) is 25.2. The molecule has 0 atom stereocenters. The second-order valence-electron chi connectivity index (χ2n) is 4.94. The summed E-state index contributed by atoms with van der Waals surface area (Å²) < 4.78 is 5.32. The Bertz CT molecular complexity index is 853. The van der Waals surface area contributed by atoms with E-state index in [1.165, 1.54) is 11.8 Å². The molecule has 116 valence electrons. The van der Waals surface area contributed by atoms with Gasteiger partial charge < -0.3 is 4.74 Å². The van der Waals surface area contributed by atoms with Gasteiger partial charge in [0.05, 0.1) is 22.5 Å². The van der Waals surface area contributed by atoms with E-state index in [9.17, 15) is 4.79 Å². The van der Waals surface area contributed by atoms with Crippen LogP contribution in [0.25, 0.3) is 10.9 Å². The van der Waals surface area contributed by atoms with Crippen LogP contribution in [0.4, 0.5) is 0 Å². The number of ether oxygens (including phenoxy) is 1. The first-order valence-electron chi connectivity index (χ1n) is 7.07. The van der Waals surface area contributed by atoms with E-state index >= 15 is 0 Å². The molecule has 5 nitrogen and oxygen atoms in total. The summed E-state index contributed by atoms with van der Waals surface area (Å²) in [5, 5.41) is 1.60. The van der Waals surface area contributed by atoms with Crippen molar-refractivity contribution in [3.8, 4) is 0 Å². The molecule has 0 saturated heterocycles. The van der Waals surface area contributed by atoms with Crippen LogP contribution in [-0.4, -0.2) is 27.2 Å². The first kappa shape index (κ1) is 15.4. The molecule has 3 aromatic rings. The molecular weight excluding hydrogens is 310 g/mol. The predicted octanol–water partition coefficient (Wildman–Crippen LogP) is 3.41. The second-order valence-corrected chi connectivity index (χ2v) is 5.71. The van der Waals surface area contributed by atoms with Gasteiger partial charge in [-0.1, -0.05) is 30.0 Å². The van der Waals surface area contributed by atoms with Gasteiger partial charge in [-0.05, 0) is 31.4 Å². The van der Waals surface area contributed by atoms with E-state index in [2.05, 4.69) is 15.0 Å². The molecule has 1 aromatic carbocycles. The van der Waals surface area contributed by atoms with Crippen LogP contribution in [0.1, 0.15) is 21.7 Å². The van der Waals surface area contributed by atoms with Crippen molar-refractivity contribution in [2.45, 2.75) is 18.7 Å². The van der Waals surface area contributed by atoms with Crippen molar-refractivity contribution in [2.75, 3.05) is 6.26 Å². The third-order valence-corrected chi connectivity index (χ3v) is 3.88. The first-order valence-corrected chi connectivity index (χ1v) is 8.29. The molecule has 0 bridgehead atoms. The van der Waals surface area contributed by atoms with Crippen LogP contribution in [0.5, 0.6) is 0 Å². The third kappa shape index (κ3) is 3.48. The van der Waals surface area contributed by atoms with Gasteiger partial charge in [-0.25, -0.2) is 14.8 Å². The van der Waals surface area contributed by atoms with Gasteiger partial charge in [-0.2, -0.15) is 0 Å². The average molecular weight is 325 g/mol. The summed E-state index contributed by atoms with van der Waals surface area (Å²) in [7, 11) is 0. The number of aryl methyl sites for hydroxylation is 1. The van der Waals surface area contributed by atoms with Crippen molar-refractivity contribution in [2.24, 2.45) is 0 Å². The minimum absolute atomic E-state index is 0.120. The monoisotopic (exact) mass is 325 g/mol. The molecule has 0 unspecified atom stereocenters. The molecule has 3 rings (SSSR count). The molecule has 6 heteroatoms. The van der Waals surface area contributed by atoms with E-state index in [0.29, 0.717) is 16.4 Å². The van der Waals surface area contributed by atoms with Gasteiger partial charge in [0, 0.05) is 11.6 Å². The van der Waals surface area contributed by atoms with E-state index < -0.39 is 0 Å². The van der Waals surface area contributed by atoms with Crippen molar-refractivity contribution in [3.05, 3.63) is 59.5 Å². The molecule has 0 amide bonds. The van der Waals surface area contributed by atoms with Crippen LogP contribution >= 0.6 is 11.8 Å². The molecule has 2 aromatic heterocycles. The number of hydrogen-bond acceptors (Lipinski definition) is 6. The highest BCUT2D eigenvalue weighted by Crippen LogP contribution is 2.19. The van der Waals surface area contributed by atoms with Crippen LogP contribution in [-0.2, 0) is 11.3 Å². The summed E-state index contributed by atoms with van der Waals surface area (Å²) in [6.45, 7) is 2.01. The van der Waals surface area contributed by atoms with Crippen LogP contribution in [0, 0.1) is 6.92 Å². The number of aromatic nitrogens is 3. The number of rotatable bonds is 4. The fourth-order valence-electron chi connectivity index (χ4n) is 2.22. The van der Waals surface area contributed by atoms with Crippen molar-refractivity contribution >= 4 is 28.6 Å². The lowest BCUT2D eigenvalue weighted by Crippen LogP contribution is -2.06. The van der Waals surface area contributed by atoms with Crippen LogP contribution in [0.3, 0.4) is 0 Å². The Morgan fingerprint density at radius 2 is 2.00 bits per heavy atom. The normalized spacial score (nSPS) is 10.7. The van der Waals surface area contributed by atoms with Gasteiger partial charge in [0.15, 0.2) is 5.16 Å². The molecule has 0 fully saturated rings. The van der Waals surface area contributed by atoms with Gasteiger partial charge in [0.25, 0.3) is 0 Å². The summed E-state index contributed by atoms with van der Waals surface area (Å²) in [5.41, 5.74) is 2.83. The number of nitrogens with zero attached hydrogens (tertiary/aromatic N) is 3. The lowest BCUT2D eigenvalue weighted by molar-refractivity contribution is 0.0467. The maximum Gasteiger partial charge on any atom is 0.338 e. The molecule has 0 saturated carbocycles. The van der Waals surface area contributed by atoms with Crippen molar-refractivity contribution in [1.82, 2.24) is 15.0 Å². The molecule has 2 heterocycles. The van der Waals surface area contributed by atoms with Crippen molar-refractivity contribution in [3.63, 3.8) is 0 Å². The number of thioether (sulfide) groups is 1. The minimum atomic E-state index is -0.362. The van der Waals surface area contributed by atoms with Crippen LogP contribution in [0.2, 0.25) is 0 Å². The molecule has 0 aliphatic carbocycles. The molecule has 0 N–H and O–H groups in total. The van der Waals surface area contributed by atoms with Crippen LogP contribution < -0.4 is 0 Å².